The average molecular weight is 327 g/mol. The first-order valence-corrected chi connectivity index (χ1v) is 8.07. The number of carbonyl (C=O) groups is 2. The molecule has 0 aromatic heterocycles. The zero-order valence-corrected chi connectivity index (χ0v) is 14.0. The third-order valence-electron chi connectivity index (χ3n) is 3.76. The van der Waals surface area contributed by atoms with E-state index in [1.807, 2.05) is 43.3 Å². The molecule has 2 aromatic rings. The summed E-state index contributed by atoms with van der Waals surface area (Å²) in [5.41, 5.74) is 0.959. The van der Waals surface area contributed by atoms with Crippen LogP contribution in [0.25, 0.3) is 10.8 Å². The first-order chi connectivity index (χ1) is 10.9. The third kappa shape index (κ3) is 2.82. The summed E-state index contributed by atoms with van der Waals surface area (Å²) in [6.45, 7) is 4.83. The van der Waals surface area contributed by atoms with Crippen LogP contribution in [0.2, 0.25) is 0 Å². The molecule has 0 aliphatic carbocycles. The highest BCUT2D eigenvalue weighted by Crippen LogP contribution is 2.45. The maximum Gasteiger partial charge on any atom is 0.241 e. The van der Waals surface area contributed by atoms with Crippen molar-refractivity contribution in [3.63, 3.8) is 0 Å². The molecule has 3 rings (SSSR count). The number of nitrogens with one attached hydrogen (secondary N) is 1. The minimum absolute atomic E-state index is 0.173. The molecule has 5 nitrogen and oxygen atoms in total. The minimum atomic E-state index is -0.687. The van der Waals surface area contributed by atoms with Crippen molar-refractivity contribution in [2.75, 3.05) is 0 Å². The molecule has 0 saturated heterocycles. The van der Waals surface area contributed by atoms with E-state index < -0.39 is 4.87 Å². The van der Waals surface area contributed by atoms with Gasteiger partial charge in [-0.15, -0.1) is 5.10 Å². The average Bonchev–Trinajstić information content (AvgIpc) is 2.84. The Bertz CT molecular complexity index is 833. The molecule has 1 N–H and O–H groups in total. The molecule has 0 unspecified atom stereocenters. The van der Waals surface area contributed by atoms with Gasteiger partial charge in [0, 0.05) is 13.8 Å². The summed E-state index contributed by atoms with van der Waals surface area (Å²) in [4.78, 5) is 22.6. The van der Waals surface area contributed by atoms with Crippen LogP contribution in [0.15, 0.2) is 47.6 Å². The molecular formula is C17H17N3O2S. The zero-order valence-electron chi connectivity index (χ0n) is 13.2. The fourth-order valence-corrected chi connectivity index (χ4v) is 3.86. The second kappa shape index (κ2) is 5.70. The molecule has 2 aromatic carbocycles. The van der Waals surface area contributed by atoms with Crippen LogP contribution in [0, 0.1) is 0 Å². The van der Waals surface area contributed by atoms with Gasteiger partial charge in [0.05, 0.1) is 0 Å². The molecule has 1 atom stereocenters. The Hall–Kier alpha value is -2.34. The number of carbonyl (C=O) groups excluding carboxylic acids is 2. The number of fused-ring (bicyclic) bond motifs is 1. The minimum Gasteiger partial charge on any atom is -0.304 e. The van der Waals surface area contributed by atoms with Crippen LogP contribution in [0.3, 0.4) is 0 Å². The number of amides is 2. The van der Waals surface area contributed by atoms with E-state index >= 15 is 0 Å². The molecular weight excluding hydrogens is 310 g/mol. The molecule has 0 spiro atoms. The standard InChI is InChI=1S/C17H17N3O2S/c1-11(21)18-16-19-20(12(2)22)17(3,23-16)15-9-8-13-6-4-5-7-14(13)10-15/h4-10H,1-3H3,(H,18,19,21)/t17-/m0/s1. The van der Waals surface area contributed by atoms with Crippen LogP contribution in [0.5, 0.6) is 0 Å². The van der Waals surface area contributed by atoms with Gasteiger partial charge in [0.1, 0.15) is 4.87 Å². The molecule has 6 heteroatoms. The normalized spacial score (nSPS) is 20.5. The smallest absolute Gasteiger partial charge is 0.241 e. The first kappa shape index (κ1) is 15.6. The molecule has 118 valence electrons. The van der Waals surface area contributed by atoms with E-state index in [0.29, 0.717) is 5.17 Å². The zero-order chi connectivity index (χ0) is 16.6. The van der Waals surface area contributed by atoms with Crippen LogP contribution in [-0.2, 0) is 14.5 Å². The lowest BCUT2D eigenvalue weighted by atomic mass is 10.0. The topological polar surface area (TPSA) is 61.8 Å². The Balaban J connectivity index is 2.04. The SMILES string of the molecule is CC(=O)NC1=NN(C(C)=O)[C@](C)(c2ccc3ccccc3c2)S1. The van der Waals surface area contributed by atoms with Crippen molar-refractivity contribution >= 4 is 39.5 Å². The number of hydrogen-bond acceptors (Lipinski definition) is 4. The summed E-state index contributed by atoms with van der Waals surface area (Å²) in [5, 5.41) is 11.0. The van der Waals surface area contributed by atoms with Crippen LogP contribution >= 0.6 is 11.8 Å². The van der Waals surface area contributed by atoms with Crippen molar-refractivity contribution < 1.29 is 9.59 Å². The summed E-state index contributed by atoms with van der Waals surface area (Å²) in [6, 6.07) is 14.2. The van der Waals surface area contributed by atoms with Crippen LogP contribution < -0.4 is 5.32 Å². The maximum atomic E-state index is 12.0. The van der Waals surface area contributed by atoms with Gasteiger partial charge in [0.15, 0.2) is 5.17 Å². The Kier molecular flexibility index (Phi) is 3.85. The number of nitrogens with zero attached hydrogens (tertiary/aromatic N) is 2. The Morgan fingerprint density at radius 2 is 1.83 bits per heavy atom. The van der Waals surface area contributed by atoms with Crippen LogP contribution in [0.1, 0.15) is 26.3 Å². The Morgan fingerprint density at radius 1 is 1.13 bits per heavy atom. The first-order valence-electron chi connectivity index (χ1n) is 7.25. The quantitative estimate of drug-likeness (QED) is 0.876. The van der Waals surface area contributed by atoms with Gasteiger partial charge < -0.3 is 5.32 Å². The van der Waals surface area contributed by atoms with Crippen molar-refractivity contribution in [2.45, 2.75) is 25.6 Å². The number of benzene rings is 2. The summed E-state index contributed by atoms with van der Waals surface area (Å²) < 4.78 is 0. The van der Waals surface area contributed by atoms with E-state index in [1.54, 1.807) is 0 Å². The molecule has 0 bridgehead atoms. The molecule has 0 saturated carbocycles. The highest BCUT2D eigenvalue weighted by atomic mass is 32.2. The van der Waals surface area contributed by atoms with Crippen molar-refractivity contribution in [1.29, 1.82) is 0 Å². The van der Waals surface area contributed by atoms with E-state index in [0.717, 1.165) is 16.3 Å². The summed E-state index contributed by atoms with van der Waals surface area (Å²) >= 11 is 1.36. The maximum absolute atomic E-state index is 12.0. The number of rotatable bonds is 1. The van der Waals surface area contributed by atoms with Gasteiger partial charge in [-0.3, -0.25) is 9.59 Å². The van der Waals surface area contributed by atoms with Gasteiger partial charge in [-0.2, -0.15) is 0 Å². The lowest BCUT2D eigenvalue weighted by Gasteiger charge is -2.31. The van der Waals surface area contributed by atoms with E-state index in [4.69, 9.17) is 0 Å². The number of hydrogen-bond donors (Lipinski definition) is 1. The predicted molar refractivity (Wildman–Crippen MR) is 92.7 cm³/mol. The van der Waals surface area contributed by atoms with Crippen LogP contribution in [0.4, 0.5) is 0 Å². The Morgan fingerprint density at radius 3 is 2.48 bits per heavy atom. The van der Waals surface area contributed by atoms with Crippen molar-refractivity contribution in [3.8, 4) is 0 Å². The number of amidine groups is 1. The van der Waals surface area contributed by atoms with Crippen molar-refractivity contribution in [3.05, 3.63) is 48.0 Å². The molecule has 23 heavy (non-hydrogen) atoms. The van der Waals surface area contributed by atoms with Gasteiger partial charge >= 0.3 is 0 Å². The van der Waals surface area contributed by atoms with E-state index in [-0.39, 0.29) is 11.8 Å². The van der Waals surface area contributed by atoms with Gasteiger partial charge in [-0.25, -0.2) is 5.01 Å². The molecule has 1 aliphatic heterocycles. The highest BCUT2D eigenvalue weighted by molar-refractivity contribution is 8.14. The van der Waals surface area contributed by atoms with Gasteiger partial charge in [0.25, 0.3) is 0 Å². The molecule has 2 amide bonds. The lowest BCUT2D eigenvalue weighted by Crippen LogP contribution is -2.37. The predicted octanol–water partition coefficient (Wildman–Crippen LogP) is 3.01. The van der Waals surface area contributed by atoms with Crippen molar-refractivity contribution in [2.24, 2.45) is 5.10 Å². The van der Waals surface area contributed by atoms with E-state index in [2.05, 4.69) is 16.5 Å². The fourth-order valence-electron chi connectivity index (χ4n) is 2.67. The van der Waals surface area contributed by atoms with Crippen LogP contribution in [-0.4, -0.2) is 22.0 Å². The molecule has 0 fully saturated rings. The van der Waals surface area contributed by atoms with E-state index in [1.165, 1.54) is 30.6 Å². The second-order valence-electron chi connectivity index (χ2n) is 5.56. The van der Waals surface area contributed by atoms with Gasteiger partial charge in [-0.05, 0) is 29.3 Å². The van der Waals surface area contributed by atoms with Crippen molar-refractivity contribution in [1.82, 2.24) is 10.3 Å². The number of hydrazone groups is 1. The third-order valence-corrected chi connectivity index (χ3v) is 4.94. The second-order valence-corrected chi connectivity index (χ2v) is 6.95. The molecule has 0 radical (unpaired) electrons. The van der Waals surface area contributed by atoms with Gasteiger partial charge in [-0.1, -0.05) is 48.2 Å². The lowest BCUT2D eigenvalue weighted by molar-refractivity contribution is -0.131. The number of thioether (sulfide) groups is 1. The van der Waals surface area contributed by atoms with E-state index in [9.17, 15) is 9.59 Å². The largest absolute Gasteiger partial charge is 0.304 e. The fraction of sp³-hybridized carbons (Fsp3) is 0.235. The highest BCUT2D eigenvalue weighted by Gasteiger charge is 2.43. The molecule has 1 aliphatic rings. The monoisotopic (exact) mass is 327 g/mol. The molecule has 1 heterocycles. The Labute approximate surface area is 138 Å². The summed E-state index contributed by atoms with van der Waals surface area (Å²) in [7, 11) is 0. The summed E-state index contributed by atoms with van der Waals surface area (Å²) in [6.07, 6.45) is 0. The summed E-state index contributed by atoms with van der Waals surface area (Å²) in [5.74, 6) is -0.379. The van der Waals surface area contributed by atoms with Gasteiger partial charge in [0.2, 0.25) is 11.8 Å².